The Morgan fingerprint density at radius 3 is 2.23 bits per heavy atom. The van der Waals surface area contributed by atoms with E-state index >= 15 is 0 Å². The van der Waals surface area contributed by atoms with Gasteiger partial charge in [0, 0.05) is 36.8 Å². The van der Waals surface area contributed by atoms with Gasteiger partial charge in [0.25, 0.3) is 5.91 Å². The molecule has 1 aliphatic heterocycles. The SMILES string of the molecule is Cc1ncsc1-c1ccc([C@H](C)NC(=O)[C@@H]2C[C@@H](O)CN2C(=O)[C@@H](NC(=O)COCCOCCOCCOc2ccc(Cn3ccc4ccc(C(=O)NO)cc43)cc2)C(C)(C)C)cc1. The van der Waals surface area contributed by atoms with Crippen molar-refractivity contribution >= 4 is 45.9 Å². The number of hydrogen-bond donors (Lipinski definition) is 5. The Bertz CT molecular complexity index is 2340. The first-order valence-corrected chi connectivity index (χ1v) is 22.2. The highest BCUT2D eigenvalue weighted by molar-refractivity contribution is 7.13. The molecule has 3 heterocycles. The average molecular weight is 899 g/mol. The molecule has 4 atom stereocenters. The van der Waals surface area contributed by atoms with Crippen LogP contribution in [0.3, 0.4) is 0 Å². The Morgan fingerprint density at radius 2 is 1.58 bits per heavy atom. The third-order valence-electron chi connectivity index (χ3n) is 10.9. The molecule has 6 rings (SSSR count). The summed E-state index contributed by atoms with van der Waals surface area (Å²) < 4.78 is 24.6. The van der Waals surface area contributed by atoms with Crippen LogP contribution in [-0.4, -0.2) is 119 Å². The first kappa shape index (κ1) is 47.8. The Morgan fingerprint density at radius 1 is 0.891 bits per heavy atom. The third kappa shape index (κ3) is 12.7. The van der Waals surface area contributed by atoms with Crippen LogP contribution in [0.25, 0.3) is 21.3 Å². The summed E-state index contributed by atoms with van der Waals surface area (Å²) in [6, 6.07) is 20.6. The Balaban J connectivity index is 0.850. The molecule has 0 radical (unpaired) electrons. The maximum Gasteiger partial charge on any atom is 0.274 e. The normalized spacial score (nSPS) is 16.1. The second kappa shape index (κ2) is 22.3. The van der Waals surface area contributed by atoms with E-state index in [1.165, 1.54) is 4.90 Å². The van der Waals surface area contributed by atoms with Crippen LogP contribution in [0.15, 0.2) is 84.5 Å². The van der Waals surface area contributed by atoms with Gasteiger partial charge in [-0.2, -0.15) is 0 Å². The number of nitrogens with zero attached hydrogens (tertiary/aromatic N) is 3. The zero-order valence-corrected chi connectivity index (χ0v) is 37.7. The number of aromatic nitrogens is 2. The molecule has 0 bridgehead atoms. The van der Waals surface area contributed by atoms with Crippen LogP contribution in [0.2, 0.25) is 0 Å². The molecular formula is C47H58N6O10S. The number of carbonyl (C=O) groups excluding carboxylic acids is 4. The van der Waals surface area contributed by atoms with Gasteiger partial charge in [0.2, 0.25) is 17.7 Å². The van der Waals surface area contributed by atoms with Gasteiger partial charge in [0.1, 0.15) is 31.0 Å². The molecule has 1 aliphatic rings. The summed E-state index contributed by atoms with van der Waals surface area (Å²) >= 11 is 1.57. The fourth-order valence-corrected chi connectivity index (χ4v) is 8.27. The van der Waals surface area contributed by atoms with E-state index in [1.54, 1.807) is 28.9 Å². The van der Waals surface area contributed by atoms with E-state index in [0.717, 1.165) is 38.2 Å². The van der Waals surface area contributed by atoms with Gasteiger partial charge in [-0.3, -0.25) is 24.4 Å². The molecule has 0 spiro atoms. The Labute approximate surface area is 376 Å². The fourth-order valence-electron chi connectivity index (χ4n) is 7.46. The summed E-state index contributed by atoms with van der Waals surface area (Å²) in [5.74, 6) is -1.17. The van der Waals surface area contributed by atoms with E-state index in [2.05, 4.69) is 15.6 Å². The van der Waals surface area contributed by atoms with E-state index in [1.807, 2.05) is 112 Å². The van der Waals surface area contributed by atoms with Crippen molar-refractivity contribution in [3.63, 3.8) is 0 Å². The molecule has 2 aromatic heterocycles. The van der Waals surface area contributed by atoms with E-state index < -0.39 is 41.3 Å². The van der Waals surface area contributed by atoms with E-state index in [9.17, 15) is 24.3 Å². The van der Waals surface area contributed by atoms with Crippen LogP contribution in [0.4, 0.5) is 0 Å². The Kier molecular flexibility index (Phi) is 16.6. The Hall–Kier alpha value is -5.69. The molecule has 1 saturated heterocycles. The number of benzene rings is 3. The topological polar surface area (TPSA) is 203 Å². The molecule has 16 nitrogen and oxygen atoms in total. The van der Waals surface area contributed by atoms with Gasteiger partial charge in [-0.25, -0.2) is 10.5 Å². The molecule has 0 unspecified atom stereocenters. The summed E-state index contributed by atoms with van der Waals surface area (Å²) in [5.41, 5.74) is 7.97. The quantitative estimate of drug-likeness (QED) is 0.0375. The molecule has 3 aromatic carbocycles. The van der Waals surface area contributed by atoms with Gasteiger partial charge in [0.15, 0.2) is 0 Å². The second-order valence-corrected chi connectivity index (χ2v) is 17.7. The van der Waals surface area contributed by atoms with Crippen molar-refractivity contribution in [1.82, 2.24) is 30.6 Å². The van der Waals surface area contributed by atoms with Crippen LogP contribution >= 0.6 is 11.3 Å². The van der Waals surface area contributed by atoms with Gasteiger partial charge in [-0.1, -0.05) is 63.2 Å². The number of hydroxylamine groups is 1. The van der Waals surface area contributed by atoms with E-state index in [-0.39, 0.29) is 44.7 Å². The molecule has 1 fully saturated rings. The van der Waals surface area contributed by atoms with Crippen LogP contribution in [0.1, 0.15) is 67.3 Å². The highest BCUT2D eigenvalue weighted by atomic mass is 32.1. The standard InChI is InChI=1S/C47H58N6O10S/c1-30(33-8-11-35(12-9-33)42-31(2)48-29-64-42)49-45(57)40-25-37(54)27-53(40)46(58)43(47(3,4)5)50-41(55)28-62-21-20-60-18-19-61-22-23-63-38-14-6-32(7-15-38)26-52-17-16-34-10-13-36(24-39(34)52)44(56)51-59/h6-17,24,29-30,37,40,43,54,59H,18-23,25-28H2,1-5H3,(H,49,57)(H,50,55)(H,51,56)/t30-,37+,40-,43+/m0/s1. The van der Waals surface area contributed by atoms with Gasteiger partial charge in [-0.15, -0.1) is 11.3 Å². The highest BCUT2D eigenvalue weighted by Gasteiger charge is 2.44. The first-order chi connectivity index (χ1) is 30.7. The summed E-state index contributed by atoms with van der Waals surface area (Å²) in [6.45, 7) is 11.3. The maximum atomic E-state index is 14.0. The summed E-state index contributed by atoms with van der Waals surface area (Å²) in [7, 11) is 0. The van der Waals surface area contributed by atoms with E-state index in [4.69, 9.17) is 24.2 Å². The number of β-amino-alcohol motifs (C(OH)–C–C–N with tert-alkyl or cyclic N) is 1. The molecule has 0 saturated carbocycles. The predicted molar refractivity (Wildman–Crippen MR) is 241 cm³/mol. The highest BCUT2D eigenvalue weighted by Crippen LogP contribution is 2.30. The van der Waals surface area contributed by atoms with Crippen LogP contribution in [0.5, 0.6) is 5.75 Å². The molecule has 342 valence electrons. The van der Waals surface area contributed by atoms with Gasteiger partial charge in [-0.05, 0) is 71.7 Å². The zero-order valence-electron chi connectivity index (χ0n) is 36.9. The number of carbonyl (C=O) groups is 4. The van der Waals surface area contributed by atoms with Gasteiger partial charge in [0.05, 0.1) is 61.3 Å². The third-order valence-corrected chi connectivity index (χ3v) is 11.9. The zero-order chi connectivity index (χ0) is 45.8. The lowest BCUT2D eigenvalue weighted by molar-refractivity contribution is -0.144. The first-order valence-electron chi connectivity index (χ1n) is 21.3. The number of thiazole rings is 1. The summed E-state index contributed by atoms with van der Waals surface area (Å²) in [6.07, 6.45) is 1.16. The lowest BCUT2D eigenvalue weighted by Gasteiger charge is -2.35. The van der Waals surface area contributed by atoms with Crippen molar-refractivity contribution in [2.24, 2.45) is 5.41 Å². The molecule has 64 heavy (non-hydrogen) atoms. The number of ether oxygens (including phenoxy) is 4. The number of rotatable bonds is 21. The van der Waals surface area contributed by atoms with Crippen molar-refractivity contribution in [3.8, 4) is 16.2 Å². The molecular weight excluding hydrogens is 841 g/mol. The van der Waals surface area contributed by atoms with Gasteiger partial charge >= 0.3 is 0 Å². The summed E-state index contributed by atoms with van der Waals surface area (Å²) in [4.78, 5) is 59.2. The minimum absolute atomic E-state index is 0.0245. The van der Waals surface area contributed by atoms with Crippen LogP contribution < -0.4 is 20.9 Å². The largest absolute Gasteiger partial charge is 0.491 e. The number of aliphatic hydroxyl groups excluding tert-OH is 1. The smallest absolute Gasteiger partial charge is 0.274 e. The van der Waals surface area contributed by atoms with Gasteiger partial charge < -0.3 is 44.2 Å². The number of nitrogens with one attached hydrogen (secondary N) is 3. The lowest BCUT2D eigenvalue weighted by Crippen LogP contribution is -2.58. The number of aryl methyl sites for hydroxylation is 1. The minimum atomic E-state index is -0.974. The van der Waals surface area contributed by atoms with Crippen molar-refractivity contribution in [1.29, 1.82) is 0 Å². The number of amides is 4. The second-order valence-electron chi connectivity index (χ2n) is 16.8. The van der Waals surface area contributed by atoms with Crippen LogP contribution in [0, 0.1) is 12.3 Å². The van der Waals surface area contributed by atoms with Crippen LogP contribution in [-0.2, 0) is 35.1 Å². The van der Waals surface area contributed by atoms with Crippen molar-refractivity contribution < 1.29 is 48.4 Å². The minimum Gasteiger partial charge on any atom is -0.491 e. The molecule has 0 aliphatic carbocycles. The number of likely N-dealkylation sites (tertiary alicyclic amines) is 1. The molecule has 5 aromatic rings. The predicted octanol–water partition coefficient (Wildman–Crippen LogP) is 5.04. The number of hydrogen-bond acceptors (Lipinski definition) is 12. The maximum absolute atomic E-state index is 14.0. The lowest BCUT2D eigenvalue weighted by atomic mass is 9.85. The fraction of sp³-hybridized carbons (Fsp3) is 0.426. The molecule has 4 amide bonds. The monoisotopic (exact) mass is 898 g/mol. The summed E-state index contributed by atoms with van der Waals surface area (Å²) in [5, 5.41) is 26.4. The average Bonchev–Trinajstić information content (AvgIpc) is 4.02. The molecule has 5 N–H and O–H groups in total. The number of aliphatic hydroxyl groups is 1. The molecule has 17 heteroatoms. The number of fused-ring (bicyclic) bond motifs is 1. The van der Waals surface area contributed by atoms with E-state index in [0.29, 0.717) is 44.3 Å². The van der Waals surface area contributed by atoms with Crippen molar-refractivity contribution in [2.45, 2.75) is 71.8 Å². The van der Waals surface area contributed by atoms with Crippen molar-refractivity contribution in [2.75, 3.05) is 52.8 Å². The van der Waals surface area contributed by atoms with Crippen molar-refractivity contribution in [3.05, 3.63) is 107 Å².